The number of piperazine rings is 1. The molecule has 0 aromatic rings. The number of esters is 1. The maximum atomic E-state index is 13.9. The van der Waals surface area contributed by atoms with Crippen LogP contribution in [0.5, 0.6) is 0 Å². The molecule has 3 aliphatic carbocycles. The second kappa shape index (κ2) is 23.8. The van der Waals surface area contributed by atoms with Gasteiger partial charge in [0.05, 0.1) is 25.7 Å². The second-order valence-corrected chi connectivity index (χ2v) is 17.9. The van der Waals surface area contributed by atoms with Crippen LogP contribution < -0.4 is 5.32 Å². The van der Waals surface area contributed by atoms with Gasteiger partial charge in [0, 0.05) is 39.3 Å². The summed E-state index contributed by atoms with van der Waals surface area (Å²) in [5, 5.41) is 2.69. The van der Waals surface area contributed by atoms with Gasteiger partial charge in [-0.1, -0.05) is 71.6 Å². The van der Waals surface area contributed by atoms with Gasteiger partial charge in [0.1, 0.15) is 6.10 Å². The number of guanidine groups is 1. The fourth-order valence-electron chi connectivity index (χ4n) is 8.98. The number of rotatable bonds is 14. The second-order valence-electron chi connectivity index (χ2n) is 17.9. The Labute approximate surface area is 356 Å². The molecule has 2 heterocycles. The van der Waals surface area contributed by atoms with Crippen molar-refractivity contribution in [3.63, 3.8) is 0 Å². The van der Waals surface area contributed by atoms with E-state index in [2.05, 4.69) is 10.3 Å². The van der Waals surface area contributed by atoms with E-state index >= 15 is 0 Å². The van der Waals surface area contributed by atoms with Crippen molar-refractivity contribution in [1.29, 1.82) is 0 Å². The lowest BCUT2D eigenvalue weighted by Gasteiger charge is -2.47. The largest absolute Gasteiger partial charge is 0.464 e. The summed E-state index contributed by atoms with van der Waals surface area (Å²) < 4.78 is 22.5. The number of likely N-dealkylation sites (tertiary alicyclic amines) is 1. The zero-order chi connectivity index (χ0) is 43.0. The minimum Gasteiger partial charge on any atom is -0.464 e. The van der Waals surface area contributed by atoms with Gasteiger partial charge in [0.25, 0.3) is 0 Å². The minimum atomic E-state index is -1.09. The molecule has 16 heteroatoms. The third kappa shape index (κ3) is 13.7. The van der Waals surface area contributed by atoms with Crippen molar-refractivity contribution in [2.75, 3.05) is 59.1 Å². The van der Waals surface area contributed by atoms with Crippen LogP contribution in [0.2, 0.25) is 0 Å². The zero-order valence-corrected chi connectivity index (χ0v) is 36.7. The van der Waals surface area contributed by atoms with Gasteiger partial charge in [-0.15, -0.1) is 4.99 Å². The number of nitrogens with one attached hydrogen (secondary N) is 1. The van der Waals surface area contributed by atoms with Gasteiger partial charge in [0.2, 0.25) is 11.9 Å². The van der Waals surface area contributed by atoms with E-state index in [-0.39, 0.29) is 88.8 Å². The number of β-lactam (4-membered cyclic amide) rings is 1. The molecule has 60 heavy (non-hydrogen) atoms. The Bertz CT molecular complexity index is 1470. The SMILES string of the molecule is CCN(CCC[C@H]1C(=O)N(C(=O)N2CCN(C(=O)OC(C)C(C)C)CC2)C1C(=O)OCC1CCCCC1)/C(=N/C(=O)OCC1CCCCC1)NC(=O)OCC1CCCCC1. The third-order valence-electron chi connectivity index (χ3n) is 13.3. The Balaban J connectivity index is 1.22. The molecule has 6 amide bonds. The molecule has 5 rings (SSSR count). The summed E-state index contributed by atoms with van der Waals surface area (Å²) in [6, 6.07) is -1.67. The van der Waals surface area contributed by atoms with Gasteiger partial charge < -0.3 is 33.6 Å². The molecule has 2 aliphatic heterocycles. The Morgan fingerprint density at radius 1 is 0.733 bits per heavy atom. The summed E-state index contributed by atoms with van der Waals surface area (Å²) in [5.74, 6) is -0.851. The van der Waals surface area contributed by atoms with Crippen LogP contribution in [-0.4, -0.2) is 133 Å². The summed E-state index contributed by atoms with van der Waals surface area (Å²) in [4.78, 5) is 90.3. The number of hydrogen-bond donors (Lipinski definition) is 1. The highest BCUT2D eigenvalue weighted by molar-refractivity contribution is 6.08. The van der Waals surface area contributed by atoms with Crippen molar-refractivity contribution in [3.8, 4) is 0 Å². The first-order chi connectivity index (χ1) is 28.9. The molecule has 3 saturated carbocycles. The number of ether oxygens (including phenoxy) is 4. The predicted octanol–water partition coefficient (Wildman–Crippen LogP) is 7.34. The molecule has 16 nitrogen and oxygen atoms in total. The van der Waals surface area contributed by atoms with E-state index in [1.807, 2.05) is 27.7 Å². The molecule has 5 fully saturated rings. The maximum absolute atomic E-state index is 13.9. The molecule has 0 bridgehead atoms. The predicted molar refractivity (Wildman–Crippen MR) is 224 cm³/mol. The van der Waals surface area contributed by atoms with Crippen LogP contribution in [0.4, 0.5) is 19.2 Å². The molecule has 2 saturated heterocycles. The smallest absolute Gasteiger partial charge is 0.436 e. The number of aliphatic imine (C=N–C) groups is 1. The van der Waals surface area contributed by atoms with Crippen molar-refractivity contribution in [1.82, 2.24) is 24.9 Å². The van der Waals surface area contributed by atoms with Gasteiger partial charge >= 0.3 is 30.3 Å². The molecule has 3 atom stereocenters. The molecule has 1 N–H and O–H groups in total. The average molecular weight is 845 g/mol. The lowest BCUT2D eigenvalue weighted by Crippen LogP contribution is -2.69. The molecule has 0 spiro atoms. The number of urea groups is 1. The topological polar surface area (TPSA) is 177 Å². The third-order valence-corrected chi connectivity index (χ3v) is 13.3. The summed E-state index contributed by atoms with van der Waals surface area (Å²) in [7, 11) is 0. The fourth-order valence-corrected chi connectivity index (χ4v) is 8.98. The van der Waals surface area contributed by atoms with Gasteiger partial charge in [-0.2, -0.15) is 0 Å². The number of nitrogens with zero attached hydrogens (tertiary/aromatic N) is 5. The van der Waals surface area contributed by atoms with Gasteiger partial charge in [0.15, 0.2) is 6.04 Å². The molecule has 0 aromatic heterocycles. The Morgan fingerprint density at radius 2 is 1.25 bits per heavy atom. The highest BCUT2D eigenvalue weighted by atomic mass is 16.6. The molecular weight excluding hydrogens is 773 g/mol. The van der Waals surface area contributed by atoms with Crippen LogP contribution in [-0.2, 0) is 28.5 Å². The molecule has 338 valence electrons. The van der Waals surface area contributed by atoms with Crippen LogP contribution in [0.3, 0.4) is 0 Å². The van der Waals surface area contributed by atoms with Crippen LogP contribution in [0.15, 0.2) is 4.99 Å². The molecule has 5 aliphatic rings. The van der Waals surface area contributed by atoms with E-state index in [1.54, 1.807) is 9.80 Å². The Kier molecular flexibility index (Phi) is 18.6. The van der Waals surface area contributed by atoms with Crippen molar-refractivity contribution >= 4 is 42.1 Å². The summed E-state index contributed by atoms with van der Waals surface area (Å²) in [6.07, 6.45) is 14.5. The first-order valence-electron chi connectivity index (χ1n) is 23.1. The van der Waals surface area contributed by atoms with Gasteiger partial charge in [-0.3, -0.25) is 10.1 Å². The van der Waals surface area contributed by atoms with Gasteiger partial charge in [-0.05, 0) is 88.9 Å². The van der Waals surface area contributed by atoms with Crippen molar-refractivity contribution in [3.05, 3.63) is 0 Å². The Morgan fingerprint density at radius 3 is 1.78 bits per heavy atom. The van der Waals surface area contributed by atoms with Crippen LogP contribution >= 0.6 is 0 Å². The average Bonchev–Trinajstić information content (AvgIpc) is 3.26. The summed E-state index contributed by atoms with van der Waals surface area (Å²) in [5.41, 5.74) is 0. The molecular formula is C44H72N6O10. The zero-order valence-electron chi connectivity index (χ0n) is 36.7. The lowest BCUT2D eigenvalue weighted by atomic mass is 9.83. The molecule has 0 radical (unpaired) electrons. The summed E-state index contributed by atoms with van der Waals surface area (Å²) in [6.45, 7) is 9.96. The van der Waals surface area contributed by atoms with Crippen LogP contribution in [0, 0.1) is 29.6 Å². The highest BCUT2D eigenvalue weighted by Gasteiger charge is 2.56. The first kappa shape index (κ1) is 46.9. The highest BCUT2D eigenvalue weighted by Crippen LogP contribution is 2.34. The van der Waals surface area contributed by atoms with Crippen molar-refractivity contribution in [2.24, 2.45) is 34.6 Å². The Hall–Kier alpha value is -4.11. The van der Waals surface area contributed by atoms with Crippen LogP contribution in [0.1, 0.15) is 137 Å². The van der Waals surface area contributed by atoms with E-state index in [1.165, 1.54) is 17.7 Å². The molecule has 2 unspecified atom stereocenters. The number of imide groups is 1. The van der Waals surface area contributed by atoms with Gasteiger partial charge in [-0.25, -0.2) is 28.9 Å². The maximum Gasteiger partial charge on any atom is 0.436 e. The standard InChI is InChI=1S/C44H72N6O10/c1-5-47(40(45-41(53)58-29-34-18-11-7-12-19-34)46-42(54)59-30-35-20-13-8-14-21-35)23-15-22-36-37(39(52)57-28-33-16-9-6-10-17-33)50(38(36)51)43(55)48-24-26-49(27-25-48)44(56)60-32(4)31(2)3/h31-37H,5-30H2,1-4H3,(H,45,46,53,54)/t32?,36-,37?/m1/s1. The quantitative estimate of drug-likeness (QED) is 0.0609. The first-order valence-corrected chi connectivity index (χ1v) is 23.1. The normalized spacial score (nSPS) is 22.8. The summed E-state index contributed by atoms with van der Waals surface area (Å²) >= 11 is 0. The van der Waals surface area contributed by atoms with E-state index < -0.39 is 48.1 Å². The monoisotopic (exact) mass is 845 g/mol. The molecule has 0 aromatic carbocycles. The number of carbonyl (C=O) groups excluding carboxylic acids is 6. The number of alkyl carbamates (subject to hydrolysis) is 1. The number of hydrogen-bond acceptors (Lipinski definition) is 10. The van der Waals surface area contributed by atoms with Crippen molar-refractivity contribution < 1.29 is 47.7 Å². The van der Waals surface area contributed by atoms with Crippen LogP contribution in [0.25, 0.3) is 0 Å². The minimum absolute atomic E-state index is 0.00153. The van der Waals surface area contributed by atoms with E-state index in [9.17, 15) is 28.8 Å². The number of amides is 6. The van der Waals surface area contributed by atoms with E-state index in [0.29, 0.717) is 18.9 Å². The van der Waals surface area contributed by atoms with E-state index in [4.69, 9.17) is 18.9 Å². The lowest BCUT2D eigenvalue weighted by molar-refractivity contribution is -0.171. The van der Waals surface area contributed by atoms with Crippen molar-refractivity contribution in [2.45, 2.75) is 149 Å². The number of carbonyl (C=O) groups is 6. The fraction of sp³-hybridized carbons (Fsp3) is 0.841. The van der Waals surface area contributed by atoms with E-state index in [0.717, 1.165) is 88.4 Å².